The third-order valence-electron chi connectivity index (χ3n) is 2.81. The van der Waals surface area contributed by atoms with E-state index in [9.17, 15) is 4.79 Å². The van der Waals surface area contributed by atoms with Gasteiger partial charge in [0.05, 0.1) is 7.11 Å². The van der Waals surface area contributed by atoms with Gasteiger partial charge >= 0.3 is 5.97 Å². The van der Waals surface area contributed by atoms with Crippen molar-refractivity contribution in [3.05, 3.63) is 11.6 Å². The average molecular weight is 182 g/mol. The van der Waals surface area contributed by atoms with E-state index >= 15 is 0 Å². The quantitative estimate of drug-likeness (QED) is 0.460. The van der Waals surface area contributed by atoms with Crippen LogP contribution in [-0.2, 0) is 9.53 Å². The van der Waals surface area contributed by atoms with Crippen molar-refractivity contribution in [2.24, 2.45) is 10.8 Å². The molecule has 0 aromatic heterocycles. The summed E-state index contributed by atoms with van der Waals surface area (Å²) in [4.78, 5) is 11.1. The van der Waals surface area contributed by atoms with Gasteiger partial charge in [-0.25, -0.2) is 4.79 Å². The van der Waals surface area contributed by atoms with Crippen molar-refractivity contribution >= 4 is 5.97 Å². The monoisotopic (exact) mass is 182 g/mol. The van der Waals surface area contributed by atoms with Crippen LogP contribution in [0.4, 0.5) is 0 Å². The van der Waals surface area contributed by atoms with Crippen LogP contribution < -0.4 is 0 Å². The number of ether oxygens (including phenoxy) is 1. The van der Waals surface area contributed by atoms with E-state index in [1.165, 1.54) is 12.7 Å². The molecule has 13 heavy (non-hydrogen) atoms. The molecular weight excluding hydrogens is 164 g/mol. The molecule has 0 unspecified atom stereocenters. The first kappa shape index (κ1) is 10.3. The first-order chi connectivity index (χ1) is 5.79. The van der Waals surface area contributed by atoms with Crippen molar-refractivity contribution in [2.75, 3.05) is 7.11 Å². The molecule has 1 aliphatic rings. The van der Waals surface area contributed by atoms with Gasteiger partial charge in [0.1, 0.15) is 0 Å². The van der Waals surface area contributed by atoms with Crippen LogP contribution in [0.5, 0.6) is 0 Å². The lowest BCUT2D eigenvalue weighted by atomic mass is 9.52. The zero-order chi connectivity index (χ0) is 10.3. The Labute approximate surface area is 80.0 Å². The Morgan fingerprint density at radius 1 is 1.31 bits per heavy atom. The third kappa shape index (κ3) is 1.77. The SMILES string of the molecule is COC(=O)C=C1C(C)(C)CC1(C)C. The number of esters is 1. The number of hydrogen-bond acceptors (Lipinski definition) is 2. The summed E-state index contributed by atoms with van der Waals surface area (Å²) in [5.74, 6) is -0.240. The van der Waals surface area contributed by atoms with Gasteiger partial charge in [-0.1, -0.05) is 33.3 Å². The second-order valence-corrected chi connectivity index (χ2v) is 5.03. The van der Waals surface area contributed by atoms with Gasteiger partial charge in [-0.3, -0.25) is 0 Å². The van der Waals surface area contributed by atoms with Gasteiger partial charge < -0.3 is 4.74 Å². The Balaban J connectivity index is 2.88. The van der Waals surface area contributed by atoms with Crippen molar-refractivity contribution in [2.45, 2.75) is 34.1 Å². The lowest BCUT2D eigenvalue weighted by Crippen LogP contribution is -2.42. The van der Waals surface area contributed by atoms with Crippen molar-refractivity contribution in [3.63, 3.8) is 0 Å². The van der Waals surface area contributed by atoms with Crippen LogP contribution in [0.25, 0.3) is 0 Å². The Bertz CT molecular complexity index is 243. The molecule has 0 aliphatic heterocycles. The number of carbonyl (C=O) groups excluding carboxylic acids is 1. The van der Waals surface area contributed by atoms with Gasteiger partial charge in [0.25, 0.3) is 0 Å². The first-order valence-electron chi connectivity index (χ1n) is 4.60. The molecule has 0 N–H and O–H groups in total. The lowest BCUT2D eigenvalue weighted by Gasteiger charge is -2.52. The Kier molecular flexibility index (Phi) is 2.27. The molecule has 1 aliphatic carbocycles. The number of carbonyl (C=O) groups is 1. The van der Waals surface area contributed by atoms with Gasteiger partial charge in [-0.15, -0.1) is 0 Å². The fourth-order valence-corrected chi connectivity index (χ4v) is 2.67. The Hall–Kier alpha value is -0.790. The molecule has 0 amide bonds. The standard InChI is InChI=1S/C11H18O2/c1-10(2)7-11(3,4)8(10)6-9(12)13-5/h6H,7H2,1-5H3. The van der Waals surface area contributed by atoms with Crippen LogP contribution in [0.3, 0.4) is 0 Å². The van der Waals surface area contributed by atoms with Crippen molar-refractivity contribution in [1.29, 1.82) is 0 Å². The van der Waals surface area contributed by atoms with E-state index in [0.29, 0.717) is 0 Å². The molecular formula is C11H18O2. The molecule has 1 fully saturated rings. The van der Waals surface area contributed by atoms with Gasteiger partial charge in [0, 0.05) is 6.08 Å². The van der Waals surface area contributed by atoms with Gasteiger partial charge in [-0.2, -0.15) is 0 Å². The molecule has 0 bridgehead atoms. The molecule has 2 heteroatoms. The summed E-state index contributed by atoms with van der Waals surface area (Å²) < 4.78 is 4.63. The topological polar surface area (TPSA) is 26.3 Å². The average Bonchev–Trinajstić information content (AvgIpc) is 1.97. The number of allylic oxidation sites excluding steroid dienone is 1. The van der Waals surface area contributed by atoms with E-state index in [2.05, 4.69) is 32.4 Å². The number of methoxy groups -OCH3 is 1. The van der Waals surface area contributed by atoms with Crippen LogP contribution in [-0.4, -0.2) is 13.1 Å². The summed E-state index contributed by atoms with van der Waals surface area (Å²) in [6.45, 7) is 8.64. The summed E-state index contributed by atoms with van der Waals surface area (Å²) in [6, 6.07) is 0. The predicted molar refractivity (Wildman–Crippen MR) is 52.3 cm³/mol. The molecule has 74 valence electrons. The maximum atomic E-state index is 11.1. The highest BCUT2D eigenvalue weighted by Crippen LogP contribution is 2.58. The van der Waals surface area contributed by atoms with E-state index in [1.807, 2.05) is 0 Å². The second-order valence-electron chi connectivity index (χ2n) is 5.03. The molecule has 0 atom stereocenters. The van der Waals surface area contributed by atoms with Crippen molar-refractivity contribution in [3.8, 4) is 0 Å². The zero-order valence-electron chi connectivity index (χ0n) is 9.10. The normalized spacial score (nSPS) is 23.3. The molecule has 1 rings (SSSR count). The maximum Gasteiger partial charge on any atom is 0.330 e. The van der Waals surface area contributed by atoms with Crippen LogP contribution in [0.15, 0.2) is 11.6 Å². The van der Waals surface area contributed by atoms with Crippen LogP contribution in [0.1, 0.15) is 34.1 Å². The molecule has 0 saturated heterocycles. The summed E-state index contributed by atoms with van der Waals surface area (Å²) in [5.41, 5.74) is 1.53. The maximum absolute atomic E-state index is 11.1. The minimum absolute atomic E-state index is 0.164. The molecule has 0 aromatic carbocycles. The van der Waals surface area contributed by atoms with Crippen LogP contribution in [0, 0.1) is 10.8 Å². The van der Waals surface area contributed by atoms with Gasteiger partial charge in [0.2, 0.25) is 0 Å². The lowest BCUT2D eigenvalue weighted by molar-refractivity contribution is -0.135. The summed E-state index contributed by atoms with van der Waals surface area (Å²) >= 11 is 0. The van der Waals surface area contributed by atoms with E-state index < -0.39 is 0 Å². The van der Waals surface area contributed by atoms with Crippen LogP contribution in [0.2, 0.25) is 0 Å². The smallest absolute Gasteiger partial charge is 0.330 e. The predicted octanol–water partition coefficient (Wildman–Crippen LogP) is 2.54. The summed E-state index contributed by atoms with van der Waals surface area (Å²) in [7, 11) is 1.41. The first-order valence-corrected chi connectivity index (χ1v) is 4.60. The van der Waals surface area contributed by atoms with Gasteiger partial charge in [-0.05, 0) is 17.3 Å². The molecule has 0 spiro atoms. The Morgan fingerprint density at radius 2 is 1.77 bits per heavy atom. The Morgan fingerprint density at radius 3 is 2.08 bits per heavy atom. The highest BCUT2D eigenvalue weighted by atomic mass is 16.5. The van der Waals surface area contributed by atoms with E-state index in [4.69, 9.17) is 0 Å². The van der Waals surface area contributed by atoms with Crippen molar-refractivity contribution < 1.29 is 9.53 Å². The number of rotatable bonds is 1. The fourth-order valence-electron chi connectivity index (χ4n) is 2.67. The molecule has 0 aromatic rings. The molecule has 0 radical (unpaired) electrons. The molecule has 0 heterocycles. The van der Waals surface area contributed by atoms with Crippen molar-refractivity contribution in [1.82, 2.24) is 0 Å². The second kappa shape index (κ2) is 2.86. The minimum atomic E-state index is -0.240. The fraction of sp³-hybridized carbons (Fsp3) is 0.727. The highest BCUT2D eigenvalue weighted by molar-refractivity contribution is 5.83. The molecule has 2 nitrogen and oxygen atoms in total. The highest BCUT2D eigenvalue weighted by Gasteiger charge is 2.47. The summed E-state index contributed by atoms with van der Waals surface area (Å²) in [5, 5.41) is 0. The number of hydrogen-bond donors (Lipinski definition) is 0. The van der Waals surface area contributed by atoms with E-state index in [-0.39, 0.29) is 16.8 Å². The van der Waals surface area contributed by atoms with Gasteiger partial charge in [0.15, 0.2) is 0 Å². The summed E-state index contributed by atoms with van der Waals surface area (Å²) in [6.07, 6.45) is 2.77. The zero-order valence-corrected chi connectivity index (χ0v) is 9.10. The molecule has 1 saturated carbocycles. The van der Waals surface area contributed by atoms with E-state index in [0.717, 1.165) is 6.42 Å². The third-order valence-corrected chi connectivity index (χ3v) is 2.81. The van der Waals surface area contributed by atoms with E-state index in [1.54, 1.807) is 6.08 Å². The largest absolute Gasteiger partial charge is 0.466 e. The van der Waals surface area contributed by atoms with Crippen LogP contribution >= 0.6 is 0 Å². The minimum Gasteiger partial charge on any atom is -0.466 e.